The maximum atomic E-state index is 11.7. The van der Waals surface area contributed by atoms with Crippen molar-refractivity contribution in [3.63, 3.8) is 0 Å². The lowest BCUT2D eigenvalue weighted by atomic mass is 9.95. The summed E-state index contributed by atoms with van der Waals surface area (Å²) in [5, 5.41) is 13.6. The fourth-order valence-corrected chi connectivity index (χ4v) is 3.06. The highest BCUT2D eigenvalue weighted by molar-refractivity contribution is 9.10. The Morgan fingerprint density at radius 1 is 1.50 bits per heavy atom. The van der Waals surface area contributed by atoms with Crippen LogP contribution in [0, 0.1) is 11.8 Å². The molecule has 18 heavy (non-hydrogen) atoms. The lowest BCUT2D eigenvalue weighted by Crippen LogP contribution is -2.39. The Balaban J connectivity index is 2.43. The van der Waals surface area contributed by atoms with Gasteiger partial charge in [0.1, 0.15) is 5.92 Å². The van der Waals surface area contributed by atoms with E-state index in [4.69, 9.17) is 5.11 Å². The molecule has 6 heteroatoms. The highest BCUT2D eigenvalue weighted by atomic mass is 79.9. The summed E-state index contributed by atoms with van der Waals surface area (Å²) in [6.07, 6.45) is 0.715. The number of hydrogen-bond acceptors (Lipinski definition) is 3. The van der Waals surface area contributed by atoms with Gasteiger partial charge in [0.05, 0.1) is 0 Å². The summed E-state index contributed by atoms with van der Waals surface area (Å²) in [4.78, 5) is 23.8. The van der Waals surface area contributed by atoms with Gasteiger partial charge in [0.15, 0.2) is 0 Å². The highest BCUT2D eigenvalue weighted by Crippen LogP contribution is 2.19. The van der Waals surface area contributed by atoms with E-state index in [1.165, 1.54) is 0 Å². The van der Waals surface area contributed by atoms with Crippen molar-refractivity contribution in [2.24, 2.45) is 11.8 Å². The van der Waals surface area contributed by atoms with E-state index in [9.17, 15) is 9.59 Å². The zero-order chi connectivity index (χ0) is 13.7. The number of hydrogen-bond donors (Lipinski definition) is 2. The second-order valence-electron chi connectivity index (χ2n) is 4.33. The van der Waals surface area contributed by atoms with Crippen molar-refractivity contribution in [2.75, 3.05) is 6.54 Å². The fourth-order valence-electron chi connectivity index (χ4n) is 1.60. The van der Waals surface area contributed by atoms with Gasteiger partial charge in [-0.05, 0) is 34.3 Å². The van der Waals surface area contributed by atoms with Crippen LogP contribution in [0.3, 0.4) is 0 Å². The summed E-state index contributed by atoms with van der Waals surface area (Å²) in [5.74, 6) is -2.66. The minimum atomic E-state index is -1.07. The van der Waals surface area contributed by atoms with Crippen LogP contribution in [-0.2, 0) is 16.0 Å². The molecule has 0 aliphatic heterocycles. The number of aliphatic carboxylic acids is 1. The molecule has 4 nitrogen and oxygen atoms in total. The number of carbonyl (C=O) groups is 2. The number of carbonyl (C=O) groups excluding carboxylic acids is 1. The third kappa shape index (κ3) is 4.42. The molecule has 1 aromatic rings. The smallest absolute Gasteiger partial charge is 0.316 e. The van der Waals surface area contributed by atoms with E-state index in [-0.39, 0.29) is 5.92 Å². The summed E-state index contributed by atoms with van der Waals surface area (Å²) in [6, 6.07) is 1.99. The minimum absolute atomic E-state index is 0.210. The third-order valence-electron chi connectivity index (χ3n) is 2.51. The molecule has 0 aliphatic rings. The molecular formula is C12H16BrNO3S. The van der Waals surface area contributed by atoms with Crippen LogP contribution in [0.5, 0.6) is 0 Å². The SMILES string of the molecule is CC(C)C(C(=O)O)C(=O)NCCc1cc(Br)cs1. The number of thiophene rings is 1. The van der Waals surface area contributed by atoms with Crippen molar-refractivity contribution in [3.8, 4) is 0 Å². The lowest BCUT2D eigenvalue weighted by molar-refractivity contribution is -0.148. The van der Waals surface area contributed by atoms with Crippen LogP contribution in [0.1, 0.15) is 18.7 Å². The predicted octanol–water partition coefficient (Wildman–Crippen LogP) is 2.53. The van der Waals surface area contributed by atoms with E-state index in [0.29, 0.717) is 13.0 Å². The number of carboxylic acid groups (broad SMARTS) is 1. The quantitative estimate of drug-likeness (QED) is 0.786. The molecule has 1 heterocycles. The molecule has 0 saturated carbocycles. The van der Waals surface area contributed by atoms with Gasteiger partial charge in [0.2, 0.25) is 5.91 Å². The highest BCUT2D eigenvalue weighted by Gasteiger charge is 2.28. The van der Waals surface area contributed by atoms with Gasteiger partial charge in [0.25, 0.3) is 0 Å². The molecule has 1 aromatic heterocycles. The maximum absolute atomic E-state index is 11.7. The molecule has 0 aromatic carbocycles. The molecule has 0 bridgehead atoms. The third-order valence-corrected chi connectivity index (χ3v) is 4.26. The molecule has 1 amide bonds. The van der Waals surface area contributed by atoms with Crippen molar-refractivity contribution in [2.45, 2.75) is 20.3 Å². The largest absolute Gasteiger partial charge is 0.481 e. The molecule has 1 unspecified atom stereocenters. The van der Waals surface area contributed by atoms with E-state index < -0.39 is 17.8 Å². The molecule has 100 valence electrons. The molecule has 0 radical (unpaired) electrons. The summed E-state index contributed by atoms with van der Waals surface area (Å²) in [7, 11) is 0. The number of halogens is 1. The molecule has 0 fully saturated rings. The monoisotopic (exact) mass is 333 g/mol. The van der Waals surface area contributed by atoms with Crippen molar-refractivity contribution in [1.82, 2.24) is 5.32 Å². The Labute approximate surface area is 119 Å². The average Bonchev–Trinajstić information content (AvgIpc) is 2.63. The summed E-state index contributed by atoms with van der Waals surface area (Å²) in [6.45, 7) is 3.92. The van der Waals surface area contributed by atoms with Gasteiger partial charge in [-0.15, -0.1) is 11.3 Å². The number of carboxylic acids is 1. The van der Waals surface area contributed by atoms with Gasteiger partial charge in [0, 0.05) is 21.3 Å². The molecule has 0 spiro atoms. The minimum Gasteiger partial charge on any atom is -0.481 e. The van der Waals surface area contributed by atoms with Crippen LogP contribution in [0.4, 0.5) is 0 Å². The first-order chi connectivity index (χ1) is 8.41. The fraction of sp³-hybridized carbons (Fsp3) is 0.500. The predicted molar refractivity (Wildman–Crippen MR) is 74.7 cm³/mol. The van der Waals surface area contributed by atoms with Gasteiger partial charge >= 0.3 is 5.97 Å². The number of rotatable bonds is 6. The Kier molecular flexibility index (Phi) is 5.81. The maximum Gasteiger partial charge on any atom is 0.316 e. The van der Waals surface area contributed by atoms with Gasteiger partial charge < -0.3 is 10.4 Å². The van der Waals surface area contributed by atoms with E-state index in [2.05, 4.69) is 21.2 Å². The first-order valence-electron chi connectivity index (χ1n) is 5.65. The van der Waals surface area contributed by atoms with Crippen LogP contribution in [0.25, 0.3) is 0 Å². The average molecular weight is 334 g/mol. The van der Waals surface area contributed by atoms with E-state index in [1.54, 1.807) is 25.2 Å². The second kappa shape index (κ2) is 6.89. The number of amides is 1. The zero-order valence-corrected chi connectivity index (χ0v) is 12.7. The zero-order valence-electron chi connectivity index (χ0n) is 10.3. The molecule has 1 rings (SSSR count). The topological polar surface area (TPSA) is 66.4 Å². The summed E-state index contributed by atoms with van der Waals surface area (Å²) >= 11 is 4.97. The van der Waals surface area contributed by atoms with E-state index in [0.717, 1.165) is 9.35 Å². The Morgan fingerprint density at radius 3 is 2.61 bits per heavy atom. The molecule has 0 saturated heterocycles. The van der Waals surface area contributed by atoms with Gasteiger partial charge in [-0.3, -0.25) is 9.59 Å². The van der Waals surface area contributed by atoms with Crippen LogP contribution in [0.15, 0.2) is 15.9 Å². The van der Waals surface area contributed by atoms with Crippen molar-refractivity contribution >= 4 is 39.1 Å². The molecular weight excluding hydrogens is 318 g/mol. The Bertz CT molecular complexity index is 431. The van der Waals surface area contributed by atoms with Gasteiger partial charge in [-0.2, -0.15) is 0 Å². The normalized spacial score (nSPS) is 12.4. The number of nitrogens with one attached hydrogen (secondary N) is 1. The first-order valence-corrected chi connectivity index (χ1v) is 7.32. The molecule has 0 aliphatic carbocycles. The van der Waals surface area contributed by atoms with Gasteiger partial charge in [-0.1, -0.05) is 13.8 Å². The Hall–Kier alpha value is -0.880. The van der Waals surface area contributed by atoms with Crippen molar-refractivity contribution in [1.29, 1.82) is 0 Å². The lowest BCUT2D eigenvalue weighted by Gasteiger charge is -2.15. The molecule has 2 N–H and O–H groups in total. The van der Waals surface area contributed by atoms with Crippen molar-refractivity contribution < 1.29 is 14.7 Å². The van der Waals surface area contributed by atoms with Gasteiger partial charge in [-0.25, -0.2) is 0 Å². The first kappa shape index (κ1) is 15.2. The van der Waals surface area contributed by atoms with Crippen LogP contribution < -0.4 is 5.32 Å². The standard InChI is InChI=1S/C12H16BrNO3S/c1-7(2)10(12(16)17)11(15)14-4-3-9-5-8(13)6-18-9/h5-7,10H,3-4H2,1-2H3,(H,14,15)(H,16,17). The Morgan fingerprint density at radius 2 is 2.17 bits per heavy atom. The van der Waals surface area contributed by atoms with E-state index in [1.807, 2.05) is 11.4 Å². The molecule has 1 atom stereocenters. The van der Waals surface area contributed by atoms with Crippen molar-refractivity contribution in [3.05, 3.63) is 20.8 Å². The van der Waals surface area contributed by atoms with Crippen LogP contribution in [-0.4, -0.2) is 23.5 Å². The van der Waals surface area contributed by atoms with Crippen LogP contribution in [0.2, 0.25) is 0 Å². The van der Waals surface area contributed by atoms with E-state index >= 15 is 0 Å². The van der Waals surface area contributed by atoms with Crippen LogP contribution >= 0.6 is 27.3 Å². The summed E-state index contributed by atoms with van der Waals surface area (Å²) < 4.78 is 1.03. The summed E-state index contributed by atoms with van der Waals surface area (Å²) in [5.41, 5.74) is 0. The second-order valence-corrected chi connectivity index (χ2v) is 6.24.